The molecule has 22 nitrogen and oxygen atoms in total. The molecule has 4 aromatic rings. The summed E-state index contributed by atoms with van der Waals surface area (Å²) in [5.41, 5.74) is 13.9. The number of ether oxygens (including phenoxy) is 12. The molecule has 8 rings (SSSR count). The van der Waals surface area contributed by atoms with Gasteiger partial charge < -0.3 is 62.2 Å². The first kappa shape index (κ1) is 57.4. The number of hydrogen-bond acceptors (Lipinski definition) is 19. The van der Waals surface area contributed by atoms with E-state index in [0.29, 0.717) is 5.56 Å². The van der Waals surface area contributed by atoms with Crippen LogP contribution in [0.15, 0.2) is 84.0 Å². The van der Waals surface area contributed by atoms with Gasteiger partial charge in [0.25, 0.3) is 0 Å². The van der Waals surface area contributed by atoms with Gasteiger partial charge in [-0.05, 0) is 34.7 Å². The van der Waals surface area contributed by atoms with Crippen molar-refractivity contribution in [3.05, 3.63) is 135 Å². The second kappa shape index (κ2) is 24.9. The van der Waals surface area contributed by atoms with Gasteiger partial charge in [0.05, 0.1) is 12.7 Å². The van der Waals surface area contributed by atoms with Gasteiger partial charge in [0.2, 0.25) is 34.8 Å². The van der Waals surface area contributed by atoms with Gasteiger partial charge in [-0.1, -0.05) is 84.0 Å². The van der Waals surface area contributed by atoms with Crippen LogP contribution >= 0.6 is 0 Å². The molecule has 0 bridgehead atoms. The Labute approximate surface area is 445 Å². The number of nitrogens with zero attached hydrogens (tertiary/aromatic N) is 3. The van der Waals surface area contributed by atoms with Crippen LogP contribution < -0.4 is 10.1 Å². The van der Waals surface area contributed by atoms with Crippen molar-refractivity contribution in [1.82, 2.24) is 5.32 Å². The van der Waals surface area contributed by atoms with Gasteiger partial charge in [-0.2, -0.15) is 8.78 Å². The minimum atomic E-state index is -2.57. The van der Waals surface area contributed by atoms with Gasteiger partial charge in [0, 0.05) is 44.1 Å². The van der Waals surface area contributed by atoms with Crippen molar-refractivity contribution in [2.45, 2.75) is 120 Å². The van der Waals surface area contributed by atoms with E-state index in [4.69, 9.17) is 56.8 Å². The van der Waals surface area contributed by atoms with Gasteiger partial charge in [0.1, 0.15) is 43.7 Å². The number of esters is 5. The highest BCUT2D eigenvalue weighted by molar-refractivity contribution is 5.84. The molecule has 3 aliphatic heterocycles. The molecule has 0 unspecified atom stereocenters. The topological polar surface area (TPSA) is 274 Å². The van der Waals surface area contributed by atoms with Crippen LogP contribution in [0.25, 0.3) is 21.6 Å². The molecule has 3 fully saturated rings. The lowest BCUT2D eigenvalue weighted by molar-refractivity contribution is -0.379. The highest BCUT2D eigenvalue weighted by Gasteiger charge is 2.58. The predicted octanol–water partition coefficient (Wildman–Crippen LogP) is 6.59. The zero-order chi connectivity index (χ0) is 56.8. The Balaban J connectivity index is 1.15. The fraction of sp³-hybridized carbons (Fsp3) is 0.423. The van der Waals surface area contributed by atoms with Gasteiger partial charge in [-0.15, -0.1) is 0 Å². The van der Waals surface area contributed by atoms with Crippen LogP contribution in [-0.4, -0.2) is 129 Å². The lowest BCUT2D eigenvalue weighted by Gasteiger charge is -2.51. The summed E-state index contributed by atoms with van der Waals surface area (Å²) < 4.78 is 143. The molecule has 27 heteroatoms. The van der Waals surface area contributed by atoms with Crippen LogP contribution in [0.4, 0.5) is 26.7 Å². The van der Waals surface area contributed by atoms with Crippen LogP contribution in [0, 0.1) is 29.1 Å². The van der Waals surface area contributed by atoms with E-state index in [1.165, 1.54) is 0 Å². The van der Waals surface area contributed by atoms with Gasteiger partial charge >= 0.3 is 35.9 Å². The number of benzene rings is 4. The zero-order valence-electron chi connectivity index (χ0n) is 42.3. The summed E-state index contributed by atoms with van der Waals surface area (Å²) in [6, 6.07) is 18.7. The van der Waals surface area contributed by atoms with E-state index in [9.17, 15) is 47.5 Å². The molecule has 1 amide bonds. The Morgan fingerprint density at radius 3 is 1.84 bits per heavy atom. The summed E-state index contributed by atoms with van der Waals surface area (Å²) in [4.78, 5) is 81.0. The standard InChI is InChI=1S/C52H49F5N4O18/c1-22(40(48(66)77-44-38(56)36(54)35(53)37(55)39(44)57)59-52(67)70-19-32-30-17-11-9-15-28(30)29-16-10-12-18-31(29)32)71-50-41(60-61-58)45(42-34(75-50)21-69-49(78-42)27-13-7-6-8-14-27)79-51-47(74-26(5)65)46(73-25(4)64)43(72-24(3)63)33(76-51)20-68-23(2)62/h6-18,22,32-34,40-43,45-47,49-51H,19-21H2,1-5H3,(H,59,67)/t22-,33-,34-,40+,41-,42+,43+,45-,46+,47-,49+,50+,51+/m1/s1. The van der Waals surface area contributed by atoms with Gasteiger partial charge in [0.15, 0.2) is 43.2 Å². The molecule has 3 heterocycles. The SMILES string of the molecule is CC(=O)OC[C@H]1O[C@@H](O[C@@H]2[C@@H](N=[N+]=[N-])[C@@H](O[C@H](C)[C@H](NC(=O)OCC3c4ccccc4-c4ccccc43)C(=O)Oc3c(F)c(F)c(F)c(F)c3F)O[C@@H]3CO[C@H](c4ccccc4)O[C@H]23)[C@H](OC(C)=O)[C@@H](OC(C)=O)[C@H]1OC(C)=O. The number of rotatable bonds is 17. The second-order valence-electron chi connectivity index (χ2n) is 18.2. The van der Waals surface area contributed by atoms with Crippen LogP contribution in [0.3, 0.4) is 0 Å². The number of fused-ring (bicyclic) bond motifs is 4. The summed E-state index contributed by atoms with van der Waals surface area (Å²) in [6.45, 7) is 3.69. The Bertz CT molecular complexity index is 2940. The molecule has 0 aromatic heterocycles. The molecule has 420 valence electrons. The molecule has 4 aliphatic rings. The molecule has 0 spiro atoms. The van der Waals surface area contributed by atoms with Crippen molar-refractivity contribution in [3.63, 3.8) is 0 Å². The Kier molecular flexibility index (Phi) is 18.1. The third kappa shape index (κ3) is 12.7. The van der Waals surface area contributed by atoms with Crippen molar-refractivity contribution in [2.75, 3.05) is 19.8 Å². The minimum Gasteiger partial charge on any atom is -0.463 e. The summed E-state index contributed by atoms with van der Waals surface area (Å²) in [6.07, 6.45) is -19.6. The minimum absolute atomic E-state index is 0.357. The first-order valence-corrected chi connectivity index (χ1v) is 24.2. The maximum absolute atomic E-state index is 15.1. The number of carbonyl (C=O) groups excluding carboxylic acids is 6. The monoisotopic (exact) mass is 1110 g/mol. The van der Waals surface area contributed by atoms with E-state index < -0.39 is 163 Å². The van der Waals surface area contributed by atoms with E-state index in [2.05, 4.69) is 15.3 Å². The summed E-state index contributed by atoms with van der Waals surface area (Å²) in [7, 11) is 0. The zero-order valence-corrected chi connectivity index (χ0v) is 42.3. The second-order valence-corrected chi connectivity index (χ2v) is 18.2. The third-order valence-corrected chi connectivity index (χ3v) is 12.9. The summed E-state index contributed by atoms with van der Waals surface area (Å²) >= 11 is 0. The van der Waals surface area contributed by atoms with E-state index in [0.717, 1.165) is 56.9 Å². The lowest BCUT2D eigenvalue weighted by atomic mass is 9.94. The number of nitrogens with one attached hydrogen (secondary N) is 1. The highest BCUT2D eigenvalue weighted by atomic mass is 19.2. The van der Waals surface area contributed by atoms with Crippen molar-refractivity contribution in [1.29, 1.82) is 0 Å². The average molecular weight is 1110 g/mol. The normalized spacial score (nSPS) is 25.8. The Hall–Kier alpha value is -7.78. The molecule has 3 saturated heterocycles. The molecule has 79 heavy (non-hydrogen) atoms. The van der Waals surface area contributed by atoms with Crippen molar-refractivity contribution >= 4 is 35.9 Å². The smallest absolute Gasteiger partial charge is 0.407 e. The Morgan fingerprint density at radius 1 is 0.671 bits per heavy atom. The highest BCUT2D eigenvalue weighted by Crippen LogP contribution is 2.45. The van der Waals surface area contributed by atoms with Gasteiger partial charge in [-0.3, -0.25) is 19.2 Å². The van der Waals surface area contributed by atoms with E-state index in [1.54, 1.807) is 42.5 Å². The first-order valence-electron chi connectivity index (χ1n) is 24.2. The molecule has 13 atom stereocenters. The van der Waals surface area contributed by atoms with Crippen molar-refractivity contribution in [2.24, 2.45) is 5.11 Å². The molecular weight excluding hydrogens is 1060 g/mol. The van der Waals surface area contributed by atoms with Crippen LogP contribution in [0.1, 0.15) is 63.5 Å². The number of halogens is 5. The number of amides is 1. The fourth-order valence-electron chi connectivity index (χ4n) is 9.51. The van der Waals surface area contributed by atoms with Crippen LogP contribution in [0.2, 0.25) is 0 Å². The van der Waals surface area contributed by atoms with Crippen LogP contribution in [0.5, 0.6) is 5.75 Å². The fourth-order valence-corrected chi connectivity index (χ4v) is 9.51. The molecule has 0 saturated carbocycles. The van der Waals surface area contributed by atoms with E-state index in [1.807, 2.05) is 36.4 Å². The first-order chi connectivity index (χ1) is 37.8. The number of alkyl carbamates (subject to hydrolysis) is 1. The van der Waals surface area contributed by atoms with Crippen LogP contribution in [-0.2, 0) is 76.1 Å². The number of hydrogen-bond donors (Lipinski definition) is 1. The number of azide groups is 1. The van der Waals surface area contributed by atoms with Gasteiger partial charge in [-0.25, -0.2) is 22.8 Å². The largest absolute Gasteiger partial charge is 0.463 e. The maximum Gasteiger partial charge on any atom is 0.407 e. The predicted molar refractivity (Wildman–Crippen MR) is 253 cm³/mol. The lowest BCUT2D eigenvalue weighted by Crippen LogP contribution is -2.67. The molecular formula is C52H49F5N4O18. The molecule has 0 radical (unpaired) electrons. The van der Waals surface area contributed by atoms with Crippen molar-refractivity contribution in [3.8, 4) is 16.9 Å². The van der Waals surface area contributed by atoms with E-state index >= 15 is 8.78 Å². The number of carbonyl (C=O) groups is 6. The third-order valence-electron chi connectivity index (χ3n) is 12.9. The molecule has 4 aromatic carbocycles. The summed E-state index contributed by atoms with van der Waals surface area (Å²) in [5, 5.41) is 6.07. The average Bonchev–Trinajstić information content (AvgIpc) is 3.78. The quantitative estimate of drug-likeness (QED) is 0.0134. The maximum atomic E-state index is 15.1. The molecule has 1 aliphatic carbocycles. The summed E-state index contributed by atoms with van der Waals surface area (Å²) in [5.74, 6) is -20.8. The molecule has 1 N–H and O–H groups in total. The van der Waals surface area contributed by atoms with E-state index in [-0.39, 0.29) is 13.2 Å². The Morgan fingerprint density at radius 2 is 1.24 bits per heavy atom. The van der Waals surface area contributed by atoms with Crippen molar-refractivity contribution < 1.29 is 108 Å².